The minimum atomic E-state index is -0.895. The van der Waals surface area contributed by atoms with Crippen LogP contribution in [0.15, 0.2) is 0 Å². The molecular weight excluding hydrogens is 238 g/mol. The topological polar surface area (TPSA) is 104 Å². The van der Waals surface area contributed by atoms with Crippen LogP contribution in [0.3, 0.4) is 0 Å². The van der Waals surface area contributed by atoms with Crippen LogP contribution in [0.25, 0.3) is 0 Å². The second kappa shape index (κ2) is 7.52. The first kappa shape index (κ1) is 16.2. The fourth-order valence-corrected chi connectivity index (χ4v) is 1.42. The summed E-state index contributed by atoms with van der Waals surface area (Å²) < 4.78 is 0. The van der Waals surface area contributed by atoms with Gasteiger partial charge in [0.1, 0.15) is 6.54 Å². The van der Waals surface area contributed by atoms with E-state index in [1.165, 1.54) is 9.80 Å². The van der Waals surface area contributed by atoms with Crippen molar-refractivity contribution < 1.29 is 19.5 Å². The van der Waals surface area contributed by atoms with Gasteiger partial charge in [0, 0.05) is 26.1 Å². The second-order valence-electron chi connectivity index (χ2n) is 4.39. The Morgan fingerprint density at radius 2 is 1.83 bits per heavy atom. The molecule has 0 heterocycles. The van der Waals surface area contributed by atoms with E-state index < -0.39 is 11.9 Å². The summed E-state index contributed by atoms with van der Waals surface area (Å²) in [5.41, 5.74) is 5.08. The molecule has 0 saturated heterocycles. The van der Waals surface area contributed by atoms with Crippen molar-refractivity contribution in [1.29, 1.82) is 0 Å². The predicted octanol–water partition coefficient (Wildman–Crippen LogP) is 0.0987. The largest absolute Gasteiger partial charge is 0.481 e. The van der Waals surface area contributed by atoms with Crippen LogP contribution in [0, 0.1) is 0 Å². The number of primary amides is 1. The summed E-state index contributed by atoms with van der Waals surface area (Å²) in [6.07, 6.45) is 0.384. The summed E-state index contributed by atoms with van der Waals surface area (Å²) in [5.74, 6) is -1.47. The van der Waals surface area contributed by atoms with Crippen LogP contribution in [0.5, 0.6) is 0 Å². The van der Waals surface area contributed by atoms with Crippen molar-refractivity contribution in [1.82, 2.24) is 9.80 Å². The van der Waals surface area contributed by atoms with Gasteiger partial charge in [0.15, 0.2) is 0 Å². The average Bonchev–Trinajstić information content (AvgIpc) is 2.23. The Balaban J connectivity index is 4.38. The number of carboxylic acid groups (broad SMARTS) is 1. The maximum Gasteiger partial charge on any atom is 0.320 e. The van der Waals surface area contributed by atoms with E-state index >= 15 is 0 Å². The lowest BCUT2D eigenvalue weighted by Gasteiger charge is -2.30. The average molecular weight is 259 g/mol. The first-order valence-corrected chi connectivity index (χ1v) is 5.77. The predicted molar refractivity (Wildman–Crippen MR) is 65.9 cm³/mol. The third-order valence-electron chi connectivity index (χ3n) is 2.41. The highest BCUT2D eigenvalue weighted by Crippen LogP contribution is 2.04. The molecule has 18 heavy (non-hydrogen) atoms. The van der Waals surface area contributed by atoms with Crippen molar-refractivity contribution in [3.63, 3.8) is 0 Å². The number of aliphatic carboxylic acids is 1. The first-order chi connectivity index (χ1) is 8.25. The van der Waals surface area contributed by atoms with Gasteiger partial charge in [0.05, 0.1) is 0 Å². The normalized spacial score (nSPS) is 10.2. The second-order valence-corrected chi connectivity index (χ2v) is 4.39. The Bertz CT molecular complexity index is 317. The number of nitrogens with two attached hydrogens (primary N) is 1. The van der Waals surface area contributed by atoms with Crippen molar-refractivity contribution in [2.24, 2.45) is 5.73 Å². The molecule has 7 nitrogen and oxygen atoms in total. The van der Waals surface area contributed by atoms with Crippen LogP contribution in [0.4, 0.5) is 4.79 Å². The van der Waals surface area contributed by atoms with Crippen molar-refractivity contribution in [2.75, 3.05) is 20.1 Å². The van der Waals surface area contributed by atoms with Crippen molar-refractivity contribution in [3.8, 4) is 0 Å². The van der Waals surface area contributed by atoms with Crippen molar-refractivity contribution in [3.05, 3.63) is 0 Å². The van der Waals surface area contributed by atoms with Gasteiger partial charge in [-0.1, -0.05) is 0 Å². The monoisotopic (exact) mass is 259 g/mol. The van der Waals surface area contributed by atoms with Gasteiger partial charge in [0.2, 0.25) is 5.91 Å². The van der Waals surface area contributed by atoms with Crippen molar-refractivity contribution >= 4 is 17.9 Å². The standard InChI is InChI=1S/C11H21N3O4/c1-8(2)14(7-9(12)15)11(18)13(3)6-4-5-10(16)17/h8H,4-7H2,1-3H3,(H2,12,15)(H,16,17). The molecule has 0 aromatic heterocycles. The molecule has 0 spiro atoms. The molecule has 0 fully saturated rings. The van der Waals surface area contributed by atoms with Gasteiger partial charge >= 0.3 is 12.0 Å². The summed E-state index contributed by atoms with van der Waals surface area (Å²) in [6, 6.07) is -0.471. The van der Waals surface area contributed by atoms with Crippen molar-refractivity contribution in [2.45, 2.75) is 32.7 Å². The maximum absolute atomic E-state index is 12.0. The van der Waals surface area contributed by atoms with Crippen LogP contribution in [-0.4, -0.2) is 59.0 Å². The third kappa shape index (κ3) is 6.07. The summed E-state index contributed by atoms with van der Waals surface area (Å²) in [7, 11) is 1.57. The van der Waals surface area contributed by atoms with E-state index in [9.17, 15) is 14.4 Å². The molecule has 0 saturated carbocycles. The Kier molecular flexibility index (Phi) is 6.77. The minimum absolute atomic E-state index is 0.00905. The molecule has 0 aliphatic carbocycles. The lowest BCUT2D eigenvalue weighted by atomic mass is 10.3. The minimum Gasteiger partial charge on any atom is -0.481 e. The van der Waals surface area contributed by atoms with E-state index in [2.05, 4.69) is 0 Å². The van der Waals surface area contributed by atoms with Crippen LogP contribution < -0.4 is 5.73 Å². The number of hydrogen-bond donors (Lipinski definition) is 2. The molecule has 0 bridgehead atoms. The highest BCUT2D eigenvalue weighted by atomic mass is 16.4. The van der Waals surface area contributed by atoms with Gasteiger partial charge in [-0.3, -0.25) is 9.59 Å². The van der Waals surface area contributed by atoms with Crippen LogP contribution in [-0.2, 0) is 9.59 Å². The quantitative estimate of drug-likeness (QED) is 0.676. The molecule has 0 unspecified atom stereocenters. The van der Waals surface area contributed by atoms with E-state index in [0.717, 1.165) is 0 Å². The number of carbonyl (C=O) groups excluding carboxylic acids is 2. The Morgan fingerprint density at radius 3 is 2.22 bits per heavy atom. The van der Waals surface area contributed by atoms with Gasteiger partial charge in [0.25, 0.3) is 0 Å². The zero-order valence-corrected chi connectivity index (χ0v) is 11.0. The number of rotatable bonds is 7. The summed E-state index contributed by atoms with van der Waals surface area (Å²) in [4.78, 5) is 36.0. The molecule has 0 radical (unpaired) electrons. The fraction of sp³-hybridized carbons (Fsp3) is 0.727. The number of carbonyl (C=O) groups is 3. The zero-order chi connectivity index (χ0) is 14.3. The summed E-state index contributed by atoms with van der Waals surface area (Å²) in [6.45, 7) is 3.75. The van der Waals surface area contributed by atoms with Gasteiger partial charge < -0.3 is 20.6 Å². The molecule has 3 N–H and O–H groups in total. The molecule has 0 rings (SSSR count). The molecule has 0 aromatic rings. The number of nitrogens with zero attached hydrogens (tertiary/aromatic N) is 2. The molecule has 0 aromatic carbocycles. The van der Waals surface area contributed by atoms with Gasteiger partial charge in [-0.25, -0.2) is 4.79 Å². The Hall–Kier alpha value is -1.79. The zero-order valence-electron chi connectivity index (χ0n) is 11.0. The van der Waals surface area contributed by atoms with Gasteiger partial charge in [-0.2, -0.15) is 0 Å². The van der Waals surface area contributed by atoms with Gasteiger partial charge in [-0.15, -0.1) is 0 Å². The fourth-order valence-electron chi connectivity index (χ4n) is 1.42. The van der Waals surface area contributed by atoms with Crippen LogP contribution in [0.1, 0.15) is 26.7 Å². The molecule has 0 atom stereocenters. The smallest absolute Gasteiger partial charge is 0.320 e. The first-order valence-electron chi connectivity index (χ1n) is 5.77. The van der Waals surface area contributed by atoms with Crippen LogP contribution >= 0.6 is 0 Å². The number of carboxylic acids is 1. The lowest BCUT2D eigenvalue weighted by Crippen LogP contribution is -2.48. The Morgan fingerprint density at radius 1 is 1.28 bits per heavy atom. The molecule has 3 amide bonds. The summed E-state index contributed by atoms with van der Waals surface area (Å²) >= 11 is 0. The molecular formula is C11H21N3O4. The maximum atomic E-state index is 12.0. The third-order valence-corrected chi connectivity index (χ3v) is 2.41. The molecule has 0 aliphatic rings. The van der Waals surface area contributed by atoms with E-state index in [4.69, 9.17) is 10.8 Å². The number of hydrogen-bond acceptors (Lipinski definition) is 3. The molecule has 104 valence electrons. The van der Waals surface area contributed by atoms with E-state index in [-0.39, 0.29) is 25.0 Å². The number of urea groups is 1. The van der Waals surface area contributed by atoms with E-state index in [1.54, 1.807) is 20.9 Å². The Labute approximate surface area is 107 Å². The van der Waals surface area contributed by atoms with E-state index in [1.807, 2.05) is 0 Å². The lowest BCUT2D eigenvalue weighted by molar-refractivity contribution is -0.137. The van der Waals surface area contributed by atoms with Crippen LogP contribution in [0.2, 0.25) is 0 Å². The summed E-state index contributed by atoms with van der Waals surface area (Å²) in [5, 5.41) is 8.51. The highest BCUT2D eigenvalue weighted by molar-refractivity contribution is 5.83. The molecule has 0 aliphatic heterocycles. The highest BCUT2D eigenvalue weighted by Gasteiger charge is 2.22. The van der Waals surface area contributed by atoms with E-state index in [0.29, 0.717) is 13.0 Å². The SMILES string of the molecule is CC(C)N(CC(N)=O)C(=O)N(C)CCCC(=O)O. The molecule has 7 heteroatoms. The van der Waals surface area contributed by atoms with Gasteiger partial charge in [-0.05, 0) is 20.3 Å². The number of amides is 3.